The van der Waals surface area contributed by atoms with Gasteiger partial charge in [-0.1, -0.05) is 24.4 Å². The average molecular weight is 325 g/mol. The van der Waals surface area contributed by atoms with Crippen molar-refractivity contribution in [2.45, 2.75) is 55.9 Å². The highest BCUT2D eigenvalue weighted by Crippen LogP contribution is 2.39. The van der Waals surface area contributed by atoms with Gasteiger partial charge in [0.05, 0.1) is 11.1 Å². The topological polar surface area (TPSA) is 25.8 Å². The lowest BCUT2D eigenvalue weighted by Crippen LogP contribution is -1.99. The van der Waals surface area contributed by atoms with Gasteiger partial charge in [-0.05, 0) is 37.7 Å². The minimum Gasteiger partial charge on any atom is -0.221 e. The summed E-state index contributed by atoms with van der Waals surface area (Å²) in [6, 6.07) is 0. The van der Waals surface area contributed by atoms with Crippen molar-refractivity contribution in [1.82, 2.24) is 9.97 Å². The summed E-state index contributed by atoms with van der Waals surface area (Å²) in [5.74, 6) is 1.82. The van der Waals surface area contributed by atoms with Crippen LogP contribution in [0, 0.1) is 0 Å². The third kappa shape index (κ3) is 2.36. The molecular formula is C15H17ClN2S2. The number of hydrogen-bond acceptors (Lipinski definition) is 4. The van der Waals surface area contributed by atoms with Crippen LogP contribution in [0.2, 0.25) is 5.15 Å². The van der Waals surface area contributed by atoms with Crippen molar-refractivity contribution in [3.63, 3.8) is 0 Å². The molecule has 0 unspecified atom stereocenters. The Balaban J connectivity index is 1.61. The van der Waals surface area contributed by atoms with Crippen LogP contribution in [0.3, 0.4) is 0 Å². The first-order valence-corrected chi connectivity index (χ1v) is 9.64. The molecular weight excluding hydrogens is 308 g/mol. The molecule has 0 N–H and O–H groups in total. The Bertz CT molecular complexity index is 647. The SMILES string of the molecule is Clc1nc(CSC2CCCC2)nc2sc3c(c12)CCC3. The van der Waals surface area contributed by atoms with E-state index >= 15 is 0 Å². The van der Waals surface area contributed by atoms with Crippen molar-refractivity contribution in [2.75, 3.05) is 0 Å². The number of fused-ring (bicyclic) bond motifs is 3. The van der Waals surface area contributed by atoms with Crippen molar-refractivity contribution in [3.8, 4) is 0 Å². The second-order valence-corrected chi connectivity index (χ2v) is 8.42. The van der Waals surface area contributed by atoms with Gasteiger partial charge in [-0.3, -0.25) is 0 Å². The Kier molecular flexibility index (Phi) is 3.65. The fourth-order valence-electron chi connectivity index (χ4n) is 3.30. The zero-order valence-electron chi connectivity index (χ0n) is 11.3. The lowest BCUT2D eigenvalue weighted by atomic mass is 10.2. The number of aryl methyl sites for hydroxylation is 2. The van der Waals surface area contributed by atoms with Crippen molar-refractivity contribution in [2.24, 2.45) is 0 Å². The Morgan fingerprint density at radius 2 is 2.00 bits per heavy atom. The summed E-state index contributed by atoms with van der Waals surface area (Å²) in [7, 11) is 0. The normalized spacial score (nSPS) is 19.1. The summed E-state index contributed by atoms with van der Waals surface area (Å²) in [4.78, 5) is 11.9. The number of nitrogens with zero attached hydrogens (tertiary/aromatic N) is 2. The molecule has 0 aromatic carbocycles. The van der Waals surface area contributed by atoms with Crippen molar-refractivity contribution in [3.05, 3.63) is 21.4 Å². The highest BCUT2D eigenvalue weighted by molar-refractivity contribution is 7.99. The van der Waals surface area contributed by atoms with Gasteiger partial charge in [0.25, 0.3) is 0 Å². The van der Waals surface area contributed by atoms with Crippen LogP contribution in [0.15, 0.2) is 0 Å². The molecule has 0 bridgehead atoms. The van der Waals surface area contributed by atoms with E-state index < -0.39 is 0 Å². The largest absolute Gasteiger partial charge is 0.221 e. The van der Waals surface area contributed by atoms with Crippen molar-refractivity contribution < 1.29 is 0 Å². The van der Waals surface area contributed by atoms with Gasteiger partial charge >= 0.3 is 0 Å². The molecule has 0 atom stereocenters. The minimum atomic E-state index is 0.677. The summed E-state index contributed by atoms with van der Waals surface area (Å²) in [5, 5.41) is 2.62. The molecule has 0 amide bonds. The molecule has 0 radical (unpaired) electrons. The van der Waals surface area contributed by atoms with Crippen LogP contribution in [-0.2, 0) is 18.6 Å². The molecule has 1 fully saturated rings. The Morgan fingerprint density at radius 1 is 1.15 bits per heavy atom. The Morgan fingerprint density at radius 3 is 2.85 bits per heavy atom. The number of halogens is 1. The molecule has 0 spiro atoms. The van der Waals surface area contributed by atoms with Gasteiger partial charge in [0.15, 0.2) is 0 Å². The van der Waals surface area contributed by atoms with Crippen LogP contribution in [0.25, 0.3) is 10.2 Å². The van der Waals surface area contributed by atoms with Gasteiger partial charge < -0.3 is 0 Å². The van der Waals surface area contributed by atoms with Gasteiger partial charge in [-0.15, -0.1) is 11.3 Å². The first kappa shape index (κ1) is 13.4. The number of rotatable bonds is 3. The van der Waals surface area contributed by atoms with Crippen molar-refractivity contribution in [1.29, 1.82) is 0 Å². The van der Waals surface area contributed by atoms with E-state index in [1.54, 1.807) is 0 Å². The predicted molar refractivity (Wildman–Crippen MR) is 88.0 cm³/mol. The van der Waals surface area contributed by atoms with Crippen LogP contribution >= 0.6 is 34.7 Å². The average Bonchev–Trinajstić information content (AvgIpc) is 3.12. The summed E-state index contributed by atoms with van der Waals surface area (Å²) < 4.78 is 0. The summed E-state index contributed by atoms with van der Waals surface area (Å²) >= 11 is 10.3. The number of hydrogen-bond donors (Lipinski definition) is 0. The highest BCUT2D eigenvalue weighted by atomic mass is 35.5. The maximum atomic E-state index is 6.43. The fraction of sp³-hybridized carbons (Fsp3) is 0.600. The second-order valence-electron chi connectivity index (χ2n) is 5.69. The van der Waals surface area contributed by atoms with Crippen LogP contribution in [0.4, 0.5) is 0 Å². The molecule has 0 saturated heterocycles. The van der Waals surface area contributed by atoms with Crippen LogP contribution in [-0.4, -0.2) is 15.2 Å². The summed E-state index contributed by atoms with van der Waals surface area (Å²) in [6.45, 7) is 0. The molecule has 2 aromatic rings. The van der Waals surface area contributed by atoms with E-state index in [0.29, 0.717) is 5.15 Å². The number of aromatic nitrogens is 2. The van der Waals surface area contributed by atoms with E-state index in [0.717, 1.165) is 33.5 Å². The maximum absolute atomic E-state index is 6.43. The molecule has 2 aliphatic rings. The Hall–Kier alpha value is -0.320. The third-order valence-corrected chi connectivity index (χ3v) is 7.14. The molecule has 2 aromatic heterocycles. The van der Waals surface area contributed by atoms with E-state index in [2.05, 4.69) is 4.98 Å². The number of thioether (sulfide) groups is 1. The van der Waals surface area contributed by atoms with E-state index in [9.17, 15) is 0 Å². The third-order valence-electron chi connectivity index (χ3n) is 4.32. The van der Waals surface area contributed by atoms with E-state index in [-0.39, 0.29) is 0 Å². The zero-order valence-corrected chi connectivity index (χ0v) is 13.7. The highest BCUT2D eigenvalue weighted by Gasteiger charge is 2.22. The molecule has 0 aliphatic heterocycles. The minimum absolute atomic E-state index is 0.677. The van der Waals surface area contributed by atoms with Crippen LogP contribution in [0.1, 0.15) is 48.4 Å². The maximum Gasteiger partial charge on any atom is 0.141 e. The first-order chi connectivity index (χ1) is 9.81. The standard InChI is InChI=1S/C15H17ClN2S2/c16-14-13-10-6-3-7-11(10)20-15(13)18-12(17-14)8-19-9-4-1-2-5-9/h9H,1-8H2. The van der Waals surface area contributed by atoms with Gasteiger partial charge in [-0.2, -0.15) is 11.8 Å². The lowest BCUT2D eigenvalue weighted by Gasteiger charge is -2.08. The fourth-order valence-corrected chi connectivity index (χ4v) is 6.12. The smallest absolute Gasteiger partial charge is 0.141 e. The summed E-state index contributed by atoms with van der Waals surface area (Å²) in [6.07, 6.45) is 9.08. The molecule has 5 heteroatoms. The van der Waals surface area contributed by atoms with E-state index in [1.165, 1.54) is 49.0 Å². The first-order valence-electron chi connectivity index (χ1n) is 7.39. The molecule has 2 heterocycles. The number of thiophene rings is 1. The second kappa shape index (κ2) is 5.47. The van der Waals surface area contributed by atoms with Gasteiger partial charge in [0, 0.05) is 10.1 Å². The molecule has 4 rings (SSSR count). The molecule has 106 valence electrons. The quantitative estimate of drug-likeness (QED) is 0.742. The molecule has 2 aliphatic carbocycles. The van der Waals surface area contributed by atoms with Crippen LogP contribution < -0.4 is 0 Å². The van der Waals surface area contributed by atoms with Gasteiger partial charge in [0.1, 0.15) is 15.8 Å². The van der Waals surface area contributed by atoms with E-state index in [4.69, 9.17) is 16.6 Å². The van der Waals surface area contributed by atoms with Gasteiger partial charge in [-0.25, -0.2) is 9.97 Å². The van der Waals surface area contributed by atoms with Crippen LogP contribution in [0.5, 0.6) is 0 Å². The predicted octanol–water partition coefficient (Wildman–Crippen LogP) is 5.01. The molecule has 1 saturated carbocycles. The summed E-state index contributed by atoms with van der Waals surface area (Å²) in [5.41, 5.74) is 1.42. The monoisotopic (exact) mass is 324 g/mol. The zero-order chi connectivity index (χ0) is 13.5. The van der Waals surface area contributed by atoms with Gasteiger partial charge in [0.2, 0.25) is 0 Å². The molecule has 2 nitrogen and oxygen atoms in total. The lowest BCUT2D eigenvalue weighted by molar-refractivity contribution is 0.886. The Labute approximate surface area is 132 Å². The molecule has 20 heavy (non-hydrogen) atoms. The van der Waals surface area contributed by atoms with Crippen molar-refractivity contribution >= 4 is 44.9 Å². The van der Waals surface area contributed by atoms with E-state index in [1.807, 2.05) is 23.1 Å².